The van der Waals surface area contributed by atoms with Gasteiger partial charge in [0.2, 0.25) is 5.91 Å². The minimum absolute atomic E-state index is 0.0559. The molecule has 0 heterocycles. The molecular weight excluding hydrogens is 557 g/mol. The predicted molar refractivity (Wildman–Crippen MR) is 136 cm³/mol. The van der Waals surface area contributed by atoms with Crippen molar-refractivity contribution in [2.45, 2.75) is 16.7 Å². The number of carbonyl (C=O) groups is 2. The molecule has 4 nitrogen and oxygen atoms in total. The van der Waals surface area contributed by atoms with Gasteiger partial charge in [-0.3, -0.25) is 9.59 Å². The molecule has 0 aromatic heterocycles. The smallest absolute Gasteiger partial charge is 0.231 e. The van der Waals surface area contributed by atoms with Crippen LogP contribution in [0.15, 0.2) is 54.6 Å². The van der Waals surface area contributed by atoms with Crippen molar-refractivity contribution in [1.82, 2.24) is 0 Å². The van der Waals surface area contributed by atoms with Gasteiger partial charge in [-0.15, -0.1) is 23.2 Å². The molecule has 3 aromatic rings. The van der Waals surface area contributed by atoms with Gasteiger partial charge < -0.3 is 5.32 Å². The molecule has 0 radical (unpaired) electrons. The van der Waals surface area contributed by atoms with Crippen LogP contribution < -0.4 is 5.32 Å². The summed E-state index contributed by atoms with van der Waals surface area (Å²) >= 11 is 31.2. The topological polar surface area (TPSA) is 70.0 Å². The van der Waals surface area contributed by atoms with Crippen LogP contribution >= 0.6 is 58.0 Å². The lowest BCUT2D eigenvalue weighted by atomic mass is 9.98. The van der Waals surface area contributed by atoms with Crippen molar-refractivity contribution in [3.8, 4) is 6.07 Å². The molecule has 0 aliphatic heterocycles. The SMILES string of the molecule is N#Cc1cc(F)ccc1CC(=O)c1cc(NC(=O)[C@H]2[C@H](c3cc(Cl)cc(Cl)c3)C2(Cl)Cl)ccc1Cl. The first kappa shape index (κ1) is 25.8. The zero-order chi connectivity index (χ0) is 25.5. The second-order valence-corrected chi connectivity index (χ2v) is 10.8. The maximum atomic E-state index is 13.4. The number of anilines is 1. The van der Waals surface area contributed by atoms with Crippen LogP contribution in [0.5, 0.6) is 0 Å². The number of nitrogens with one attached hydrogen (secondary N) is 1. The largest absolute Gasteiger partial charge is 0.326 e. The molecule has 1 aliphatic rings. The van der Waals surface area contributed by atoms with Crippen molar-refractivity contribution in [3.05, 3.63) is 97.7 Å². The van der Waals surface area contributed by atoms with Gasteiger partial charge in [0.25, 0.3) is 0 Å². The first-order chi connectivity index (χ1) is 16.5. The Labute approximate surface area is 225 Å². The molecule has 35 heavy (non-hydrogen) atoms. The first-order valence-electron chi connectivity index (χ1n) is 10.2. The van der Waals surface area contributed by atoms with Crippen LogP contribution in [0.2, 0.25) is 15.1 Å². The molecule has 3 aromatic carbocycles. The Balaban J connectivity index is 1.53. The van der Waals surface area contributed by atoms with Crippen molar-refractivity contribution in [1.29, 1.82) is 5.26 Å². The highest BCUT2D eigenvalue weighted by Crippen LogP contribution is 2.65. The Hall–Kier alpha value is -2.33. The number of Topliss-reactive ketones (excluding diaryl/α,β-unsaturated/α-hetero) is 1. The van der Waals surface area contributed by atoms with Crippen molar-refractivity contribution >= 4 is 75.4 Å². The van der Waals surface area contributed by atoms with Gasteiger partial charge in [-0.25, -0.2) is 4.39 Å². The molecule has 10 heteroatoms. The number of hydrogen-bond donors (Lipinski definition) is 1. The van der Waals surface area contributed by atoms with Crippen molar-refractivity contribution in [3.63, 3.8) is 0 Å². The highest BCUT2D eigenvalue weighted by molar-refractivity contribution is 6.53. The summed E-state index contributed by atoms with van der Waals surface area (Å²) in [4.78, 5) is 25.9. The van der Waals surface area contributed by atoms with E-state index in [1.54, 1.807) is 18.2 Å². The fraction of sp³-hybridized carbons (Fsp3) is 0.160. The van der Waals surface area contributed by atoms with Crippen molar-refractivity contribution in [2.24, 2.45) is 5.92 Å². The molecule has 1 amide bonds. The van der Waals surface area contributed by atoms with E-state index >= 15 is 0 Å². The number of amides is 1. The number of nitrogens with zero attached hydrogens (tertiary/aromatic N) is 1. The molecule has 1 fully saturated rings. The molecular formula is C25H14Cl5FN2O2. The lowest BCUT2D eigenvalue weighted by Crippen LogP contribution is -2.17. The molecule has 1 aliphatic carbocycles. The van der Waals surface area contributed by atoms with E-state index in [2.05, 4.69) is 5.32 Å². The fourth-order valence-corrected chi connectivity index (χ4v) is 5.53. The minimum atomic E-state index is -1.36. The molecule has 0 spiro atoms. The lowest BCUT2D eigenvalue weighted by molar-refractivity contribution is -0.117. The van der Waals surface area contributed by atoms with Crippen LogP contribution in [-0.4, -0.2) is 16.0 Å². The fourth-order valence-electron chi connectivity index (χ4n) is 3.93. The number of rotatable bonds is 6. The Morgan fingerprint density at radius 3 is 2.34 bits per heavy atom. The molecule has 1 saturated carbocycles. The molecule has 2 atom stereocenters. The summed E-state index contributed by atoms with van der Waals surface area (Å²) in [7, 11) is 0. The van der Waals surface area contributed by atoms with E-state index in [1.807, 2.05) is 6.07 Å². The van der Waals surface area contributed by atoms with Gasteiger partial charge in [-0.05, 0) is 59.7 Å². The summed E-state index contributed by atoms with van der Waals surface area (Å²) in [6, 6.07) is 14.8. The zero-order valence-electron chi connectivity index (χ0n) is 17.6. The lowest BCUT2D eigenvalue weighted by Gasteiger charge is -2.10. The number of ketones is 1. The molecule has 178 valence electrons. The third kappa shape index (κ3) is 5.43. The molecule has 0 bridgehead atoms. The number of nitriles is 1. The molecule has 0 unspecified atom stereocenters. The summed E-state index contributed by atoms with van der Waals surface area (Å²) < 4.78 is 12.0. The molecule has 1 N–H and O–H groups in total. The van der Waals surface area contributed by atoms with E-state index in [1.165, 1.54) is 30.3 Å². The maximum absolute atomic E-state index is 13.4. The Kier molecular flexibility index (Phi) is 7.33. The molecule has 4 rings (SSSR count). The van der Waals surface area contributed by atoms with Crippen molar-refractivity contribution < 1.29 is 14.0 Å². The van der Waals surface area contributed by atoms with Gasteiger partial charge in [0.05, 0.1) is 22.6 Å². The van der Waals surface area contributed by atoms with Crippen LogP contribution in [0.1, 0.15) is 33.0 Å². The molecule has 0 saturated heterocycles. The quantitative estimate of drug-likeness (QED) is 0.245. The average Bonchev–Trinajstić information content (AvgIpc) is 3.37. The van der Waals surface area contributed by atoms with Gasteiger partial charge in [-0.2, -0.15) is 5.26 Å². The second-order valence-electron chi connectivity index (χ2n) is 8.03. The van der Waals surface area contributed by atoms with Gasteiger partial charge in [-0.1, -0.05) is 40.9 Å². The summed E-state index contributed by atoms with van der Waals surface area (Å²) in [5, 5.41) is 12.9. The maximum Gasteiger partial charge on any atom is 0.231 e. The summed E-state index contributed by atoms with van der Waals surface area (Å²) in [6.45, 7) is 0. The van der Waals surface area contributed by atoms with E-state index in [0.717, 1.165) is 6.07 Å². The van der Waals surface area contributed by atoms with Crippen LogP contribution in [0.3, 0.4) is 0 Å². The Morgan fingerprint density at radius 1 is 1.00 bits per heavy atom. The second kappa shape index (κ2) is 9.97. The first-order valence-corrected chi connectivity index (χ1v) is 12.1. The number of benzene rings is 3. The van der Waals surface area contributed by atoms with E-state index in [-0.39, 0.29) is 22.6 Å². The number of hydrogen-bond acceptors (Lipinski definition) is 3. The van der Waals surface area contributed by atoms with Crippen LogP contribution in [0, 0.1) is 23.1 Å². The summed E-state index contributed by atoms with van der Waals surface area (Å²) in [5.41, 5.74) is 1.49. The predicted octanol–water partition coefficient (Wildman–Crippen LogP) is 7.61. The number of carbonyl (C=O) groups excluding carboxylic acids is 2. The monoisotopic (exact) mass is 568 g/mol. The van der Waals surface area contributed by atoms with E-state index < -0.39 is 33.7 Å². The van der Waals surface area contributed by atoms with Gasteiger partial charge in [0.1, 0.15) is 10.2 Å². The Bertz CT molecular complexity index is 1380. The van der Waals surface area contributed by atoms with E-state index in [0.29, 0.717) is 26.9 Å². The average molecular weight is 571 g/mol. The third-order valence-electron chi connectivity index (χ3n) is 5.66. The highest BCUT2D eigenvalue weighted by Gasteiger charge is 2.67. The van der Waals surface area contributed by atoms with Crippen LogP contribution in [0.25, 0.3) is 0 Å². The van der Waals surface area contributed by atoms with E-state index in [4.69, 9.17) is 58.0 Å². The van der Waals surface area contributed by atoms with Gasteiger partial charge >= 0.3 is 0 Å². The highest BCUT2D eigenvalue weighted by atomic mass is 35.5. The summed E-state index contributed by atoms with van der Waals surface area (Å²) in [5.74, 6) is -2.75. The zero-order valence-corrected chi connectivity index (χ0v) is 21.4. The van der Waals surface area contributed by atoms with Gasteiger partial charge in [0.15, 0.2) is 5.78 Å². The van der Waals surface area contributed by atoms with Crippen LogP contribution in [0.4, 0.5) is 10.1 Å². The van der Waals surface area contributed by atoms with Crippen LogP contribution in [-0.2, 0) is 11.2 Å². The normalized spacial score (nSPS) is 18.0. The van der Waals surface area contributed by atoms with E-state index in [9.17, 15) is 19.2 Å². The number of alkyl halides is 2. The minimum Gasteiger partial charge on any atom is -0.326 e. The Morgan fingerprint density at radius 2 is 1.69 bits per heavy atom. The van der Waals surface area contributed by atoms with Crippen molar-refractivity contribution in [2.75, 3.05) is 5.32 Å². The number of halogens is 6. The van der Waals surface area contributed by atoms with Gasteiger partial charge in [0, 0.05) is 33.6 Å². The standard InChI is InChI=1S/C25H14Cl5FN2O2/c26-15-5-13(6-16(27)9-15)22-23(25(22,29)30)24(35)33-18-3-4-20(28)19(10-18)21(34)8-12-1-2-17(31)7-14(12)11-32/h1-7,9-10,22-23H,8H2,(H,33,35)/t22-,23+/m0/s1. The third-order valence-corrected chi connectivity index (χ3v) is 7.36. The summed E-state index contributed by atoms with van der Waals surface area (Å²) in [6.07, 6.45) is -0.174.